The van der Waals surface area contributed by atoms with E-state index in [9.17, 15) is 4.79 Å². The van der Waals surface area contributed by atoms with Crippen LogP contribution in [-0.4, -0.2) is 46.9 Å². The standard InChI is InChI=1S/C23H33N3O3S/c1-15(2)13-26-17(4)16(3)24-23(26)30-14-22(27)25-11-7-8-19(25)18-9-10-20(28-5)21(12-18)29-6/h9-10,12,15,19H,7-8,11,13-14H2,1-6H3. The Morgan fingerprint density at radius 3 is 2.63 bits per heavy atom. The van der Waals surface area contributed by atoms with Crippen molar-refractivity contribution in [3.8, 4) is 11.5 Å². The molecule has 0 spiro atoms. The molecular weight excluding hydrogens is 398 g/mol. The van der Waals surface area contributed by atoms with Gasteiger partial charge in [0, 0.05) is 18.8 Å². The van der Waals surface area contributed by atoms with Crippen LogP contribution in [0.3, 0.4) is 0 Å². The van der Waals surface area contributed by atoms with Crippen LogP contribution in [0.5, 0.6) is 11.5 Å². The summed E-state index contributed by atoms with van der Waals surface area (Å²) in [7, 11) is 3.27. The highest BCUT2D eigenvalue weighted by atomic mass is 32.2. The van der Waals surface area contributed by atoms with E-state index in [1.807, 2.05) is 30.0 Å². The number of hydrogen-bond acceptors (Lipinski definition) is 5. The summed E-state index contributed by atoms with van der Waals surface area (Å²) in [4.78, 5) is 19.8. The van der Waals surface area contributed by atoms with Gasteiger partial charge in [-0.15, -0.1) is 0 Å². The van der Waals surface area contributed by atoms with Crippen molar-refractivity contribution in [3.05, 3.63) is 35.2 Å². The first-order valence-electron chi connectivity index (χ1n) is 10.5. The molecule has 0 N–H and O–H groups in total. The van der Waals surface area contributed by atoms with Gasteiger partial charge in [0.25, 0.3) is 0 Å². The van der Waals surface area contributed by atoms with Crippen LogP contribution >= 0.6 is 11.8 Å². The van der Waals surface area contributed by atoms with Gasteiger partial charge in [0.1, 0.15) is 0 Å². The number of carbonyl (C=O) groups is 1. The number of hydrogen-bond donors (Lipinski definition) is 0. The molecule has 1 aliphatic rings. The predicted octanol–water partition coefficient (Wildman–Crippen LogP) is 4.63. The molecule has 1 amide bonds. The van der Waals surface area contributed by atoms with E-state index in [1.165, 1.54) is 5.69 Å². The van der Waals surface area contributed by atoms with Gasteiger partial charge in [-0.2, -0.15) is 0 Å². The van der Waals surface area contributed by atoms with Crippen LogP contribution in [0.4, 0.5) is 0 Å². The molecule has 1 aromatic heterocycles. The monoisotopic (exact) mass is 431 g/mol. The zero-order valence-electron chi connectivity index (χ0n) is 18.9. The Labute approximate surface area is 184 Å². The topological polar surface area (TPSA) is 56.6 Å². The Morgan fingerprint density at radius 2 is 1.97 bits per heavy atom. The number of benzene rings is 1. The summed E-state index contributed by atoms with van der Waals surface area (Å²) in [5, 5.41) is 0.939. The van der Waals surface area contributed by atoms with E-state index < -0.39 is 0 Å². The molecule has 6 nitrogen and oxygen atoms in total. The molecule has 0 radical (unpaired) electrons. The number of aromatic nitrogens is 2. The molecule has 1 aromatic carbocycles. The summed E-state index contributed by atoms with van der Waals surface area (Å²) in [5.74, 6) is 2.49. The van der Waals surface area contributed by atoms with Crippen LogP contribution in [0.1, 0.15) is 49.7 Å². The molecule has 7 heteroatoms. The van der Waals surface area contributed by atoms with Gasteiger partial charge in [-0.3, -0.25) is 4.79 Å². The predicted molar refractivity (Wildman–Crippen MR) is 120 cm³/mol. The first-order chi connectivity index (χ1) is 14.3. The molecule has 1 saturated heterocycles. The zero-order chi connectivity index (χ0) is 21.8. The van der Waals surface area contributed by atoms with Crippen LogP contribution in [0, 0.1) is 19.8 Å². The summed E-state index contributed by atoms with van der Waals surface area (Å²) in [5.41, 5.74) is 3.31. The average Bonchev–Trinajstić information content (AvgIpc) is 3.32. The summed E-state index contributed by atoms with van der Waals surface area (Å²) in [6.45, 7) is 10.2. The lowest BCUT2D eigenvalue weighted by atomic mass is 10.0. The SMILES string of the molecule is COc1ccc(C2CCCN2C(=O)CSc2nc(C)c(C)n2CC(C)C)cc1OC. The molecule has 164 valence electrons. The van der Waals surface area contributed by atoms with E-state index in [4.69, 9.17) is 14.5 Å². The fourth-order valence-electron chi connectivity index (χ4n) is 3.99. The normalized spacial score (nSPS) is 16.4. The Morgan fingerprint density at radius 1 is 1.23 bits per heavy atom. The van der Waals surface area contributed by atoms with Crippen molar-refractivity contribution >= 4 is 17.7 Å². The molecule has 2 heterocycles. The van der Waals surface area contributed by atoms with Gasteiger partial charge < -0.3 is 18.9 Å². The Bertz CT molecular complexity index is 894. The number of amides is 1. The van der Waals surface area contributed by atoms with Gasteiger partial charge in [-0.25, -0.2) is 4.98 Å². The van der Waals surface area contributed by atoms with Crippen molar-refractivity contribution in [2.45, 2.75) is 58.3 Å². The third-order valence-electron chi connectivity index (χ3n) is 5.66. The summed E-state index contributed by atoms with van der Waals surface area (Å²) < 4.78 is 13.0. The molecule has 1 unspecified atom stereocenters. The van der Waals surface area contributed by atoms with Gasteiger partial charge >= 0.3 is 0 Å². The molecule has 3 rings (SSSR count). The quantitative estimate of drug-likeness (QED) is 0.571. The maximum absolute atomic E-state index is 13.1. The number of likely N-dealkylation sites (tertiary alicyclic amines) is 1. The van der Waals surface area contributed by atoms with Crippen molar-refractivity contribution in [1.29, 1.82) is 0 Å². The van der Waals surface area contributed by atoms with Crippen LogP contribution in [0.15, 0.2) is 23.4 Å². The molecule has 0 aliphatic carbocycles. The van der Waals surface area contributed by atoms with Crippen molar-refractivity contribution in [1.82, 2.24) is 14.5 Å². The number of methoxy groups -OCH3 is 2. The van der Waals surface area contributed by atoms with Gasteiger partial charge in [0.15, 0.2) is 16.7 Å². The van der Waals surface area contributed by atoms with Crippen molar-refractivity contribution < 1.29 is 14.3 Å². The number of nitrogens with zero attached hydrogens (tertiary/aromatic N) is 3. The minimum Gasteiger partial charge on any atom is -0.493 e. The van der Waals surface area contributed by atoms with Crippen LogP contribution < -0.4 is 9.47 Å². The fraction of sp³-hybridized carbons (Fsp3) is 0.565. The van der Waals surface area contributed by atoms with E-state index in [2.05, 4.69) is 25.3 Å². The van der Waals surface area contributed by atoms with Gasteiger partial charge in [0.05, 0.1) is 31.7 Å². The number of aryl methyl sites for hydroxylation is 1. The number of imidazole rings is 1. The highest BCUT2D eigenvalue weighted by Gasteiger charge is 2.30. The van der Waals surface area contributed by atoms with Crippen molar-refractivity contribution in [2.24, 2.45) is 5.92 Å². The van der Waals surface area contributed by atoms with Crippen LogP contribution in [0.25, 0.3) is 0 Å². The second-order valence-electron chi connectivity index (χ2n) is 8.22. The first-order valence-corrected chi connectivity index (χ1v) is 11.5. The van der Waals surface area contributed by atoms with Crippen LogP contribution in [0.2, 0.25) is 0 Å². The molecule has 1 fully saturated rings. The Kier molecular flexibility index (Phi) is 7.34. The molecule has 1 aliphatic heterocycles. The third-order valence-corrected chi connectivity index (χ3v) is 6.62. The number of carbonyl (C=O) groups excluding carboxylic acids is 1. The van der Waals surface area contributed by atoms with Crippen molar-refractivity contribution in [2.75, 3.05) is 26.5 Å². The second-order valence-corrected chi connectivity index (χ2v) is 9.16. The average molecular weight is 432 g/mol. The highest BCUT2D eigenvalue weighted by Crippen LogP contribution is 2.37. The summed E-state index contributed by atoms with van der Waals surface area (Å²) in [6, 6.07) is 6.02. The van der Waals surface area contributed by atoms with Crippen LogP contribution in [-0.2, 0) is 11.3 Å². The second kappa shape index (κ2) is 9.77. The molecule has 0 bridgehead atoms. The van der Waals surface area contributed by atoms with E-state index >= 15 is 0 Å². The summed E-state index contributed by atoms with van der Waals surface area (Å²) >= 11 is 1.55. The maximum atomic E-state index is 13.1. The van der Waals surface area contributed by atoms with Crippen molar-refractivity contribution in [3.63, 3.8) is 0 Å². The summed E-state index contributed by atoms with van der Waals surface area (Å²) in [6.07, 6.45) is 1.97. The fourth-order valence-corrected chi connectivity index (χ4v) is 4.98. The lowest BCUT2D eigenvalue weighted by Gasteiger charge is -2.25. The third kappa shape index (κ3) is 4.77. The Hall–Kier alpha value is -2.15. The smallest absolute Gasteiger partial charge is 0.233 e. The maximum Gasteiger partial charge on any atom is 0.233 e. The highest BCUT2D eigenvalue weighted by molar-refractivity contribution is 7.99. The largest absolute Gasteiger partial charge is 0.493 e. The minimum atomic E-state index is 0.0804. The molecule has 30 heavy (non-hydrogen) atoms. The van der Waals surface area contributed by atoms with Gasteiger partial charge in [-0.05, 0) is 50.3 Å². The molecule has 0 saturated carbocycles. The van der Waals surface area contributed by atoms with Gasteiger partial charge in [0.2, 0.25) is 5.91 Å². The molecule has 1 atom stereocenters. The lowest BCUT2D eigenvalue weighted by molar-refractivity contribution is -0.129. The Balaban J connectivity index is 1.72. The van der Waals surface area contributed by atoms with E-state index in [0.717, 1.165) is 42.3 Å². The lowest BCUT2D eigenvalue weighted by Crippen LogP contribution is -2.32. The first kappa shape index (κ1) is 22.5. The zero-order valence-corrected chi connectivity index (χ0v) is 19.7. The van der Waals surface area contributed by atoms with E-state index in [1.54, 1.807) is 26.0 Å². The molecule has 2 aromatic rings. The number of thioether (sulfide) groups is 1. The molecular formula is C23H33N3O3S. The van der Waals surface area contributed by atoms with E-state index in [-0.39, 0.29) is 11.9 Å². The number of rotatable bonds is 8. The number of ether oxygens (including phenoxy) is 2. The van der Waals surface area contributed by atoms with E-state index in [0.29, 0.717) is 23.2 Å². The minimum absolute atomic E-state index is 0.0804. The van der Waals surface area contributed by atoms with Gasteiger partial charge in [-0.1, -0.05) is 31.7 Å².